The molecule has 3 rings (SSSR count). The minimum atomic E-state index is 0.0585. The van der Waals surface area contributed by atoms with E-state index in [1.807, 2.05) is 30.0 Å². The molecule has 0 aromatic heterocycles. The van der Waals surface area contributed by atoms with Crippen LogP contribution in [0.3, 0.4) is 0 Å². The summed E-state index contributed by atoms with van der Waals surface area (Å²) in [5.74, 6) is 0.786. The van der Waals surface area contributed by atoms with Crippen LogP contribution >= 0.6 is 0 Å². The molecule has 2 aliphatic heterocycles. The molecule has 2 N–H and O–H groups in total. The number of carbonyl (C=O) groups excluding carboxylic acids is 1. The number of rotatable bonds is 6. The largest absolute Gasteiger partial charge is 0.357 e. The highest BCUT2D eigenvalue weighted by atomic mass is 16.2. The fourth-order valence-electron chi connectivity index (χ4n) is 3.69. The van der Waals surface area contributed by atoms with Crippen molar-refractivity contribution in [1.29, 1.82) is 0 Å². The zero-order valence-electron chi connectivity index (χ0n) is 15.8. The number of anilines is 1. The van der Waals surface area contributed by atoms with Gasteiger partial charge in [-0.15, -0.1) is 0 Å². The number of nitrogens with zero attached hydrogens (tertiary/aromatic N) is 3. The number of hydrogen-bond acceptors (Lipinski definition) is 3. The van der Waals surface area contributed by atoms with E-state index < -0.39 is 0 Å². The Bertz CT molecular complexity index is 624. The summed E-state index contributed by atoms with van der Waals surface area (Å²) in [5.41, 5.74) is 2.28. The minimum Gasteiger partial charge on any atom is -0.357 e. The number of benzene rings is 1. The summed E-state index contributed by atoms with van der Waals surface area (Å²) >= 11 is 0. The van der Waals surface area contributed by atoms with Crippen molar-refractivity contribution in [3.8, 4) is 0 Å². The van der Waals surface area contributed by atoms with E-state index in [0.717, 1.165) is 44.2 Å². The van der Waals surface area contributed by atoms with Gasteiger partial charge in [-0.3, -0.25) is 4.79 Å². The molecule has 1 fully saturated rings. The Morgan fingerprint density at radius 2 is 1.92 bits per heavy atom. The van der Waals surface area contributed by atoms with E-state index >= 15 is 0 Å². The number of para-hydroxylation sites is 1. The van der Waals surface area contributed by atoms with Gasteiger partial charge < -0.3 is 20.4 Å². The third-order valence-electron chi connectivity index (χ3n) is 5.07. The molecule has 1 amide bonds. The molecule has 1 aromatic rings. The second kappa shape index (κ2) is 9.57. The molecule has 0 aliphatic carbocycles. The molecule has 1 saturated heterocycles. The second-order valence-corrected chi connectivity index (χ2v) is 6.95. The zero-order valence-corrected chi connectivity index (χ0v) is 15.8. The van der Waals surface area contributed by atoms with Crippen molar-refractivity contribution < 1.29 is 4.79 Å². The molecule has 1 aromatic carbocycles. The van der Waals surface area contributed by atoms with Gasteiger partial charge in [0.15, 0.2) is 5.96 Å². The molecule has 0 spiro atoms. The highest BCUT2D eigenvalue weighted by Crippen LogP contribution is 2.27. The average molecular weight is 358 g/mol. The lowest BCUT2D eigenvalue weighted by Crippen LogP contribution is -2.43. The third-order valence-corrected chi connectivity index (χ3v) is 5.07. The first-order valence-corrected chi connectivity index (χ1v) is 9.90. The Morgan fingerprint density at radius 1 is 1.12 bits per heavy atom. The normalized spacial score (nSPS) is 17.9. The lowest BCUT2D eigenvalue weighted by Gasteiger charge is -2.26. The Hall–Kier alpha value is -2.08. The van der Waals surface area contributed by atoms with Gasteiger partial charge in [0.1, 0.15) is 6.54 Å². The van der Waals surface area contributed by atoms with Crippen LogP contribution in [0.5, 0.6) is 0 Å². The van der Waals surface area contributed by atoms with E-state index in [9.17, 15) is 4.79 Å². The highest BCUT2D eigenvalue weighted by Gasteiger charge is 2.23. The van der Waals surface area contributed by atoms with Gasteiger partial charge in [0.05, 0.1) is 0 Å². The van der Waals surface area contributed by atoms with Crippen molar-refractivity contribution in [2.24, 2.45) is 4.99 Å². The molecule has 6 heteroatoms. The first kappa shape index (κ1) is 18.7. The molecule has 0 atom stereocenters. The van der Waals surface area contributed by atoms with E-state index in [4.69, 9.17) is 0 Å². The molecule has 26 heavy (non-hydrogen) atoms. The molecule has 142 valence electrons. The van der Waals surface area contributed by atoms with Gasteiger partial charge in [-0.05, 0) is 50.9 Å². The smallest absolute Gasteiger partial charge is 0.248 e. The Balaban J connectivity index is 1.49. The van der Waals surface area contributed by atoms with Crippen LogP contribution in [0.4, 0.5) is 5.69 Å². The van der Waals surface area contributed by atoms with Crippen LogP contribution in [-0.2, 0) is 11.2 Å². The number of hydrogen-bond donors (Lipinski definition) is 2. The molecular formula is C20H31N5O. The number of fused-ring (bicyclic) bond motifs is 1. The summed E-state index contributed by atoms with van der Waals surface area (Å²) in [4.78, 5) is 21.4. The number of piperidine rings is 1. The van der Waals surface area contributed by atoms with E-state index in [2.05, 4.69) is 26.6 Å². The summed E-state index contributed by atoms with van der Waals surface area (Å²) in [6.07, 6.45) is 4.90. The van der Waals surface area contributed by atoms with Gasteiger partial charge in [-0.25, -0.2) is 4.99 Å². The number of carbonyl (C=O) groups is 1. The number of aliphatic imine (C=N–C) groups is 1. The SMILES string of the molecule is CCNC(=NCC(=O)N1CCc2ccccc21)NCCN1CCCCC1. The predicted molar refractivity (Wildman–Crippen MR) is 107 cm³/mol. The lowest BCUT2D eigenvalue weighted by molar-refractivity contribution is -0.117. The van der Waals surface area contributed by atoms with E-state index in [1.54, 1.807) is 0 Å². The summed E-state index contributed by atoms with van der Waals surface area (Å²) in [6, 6.07) is 8.13. The van der Waals surface area contributed by atoms with Gasteiger partial charge in [0.2, 0.25) is 5.91 Å². The maximum Gasteiger partial charge on any atom is 0.248 e. The van der Waals surface area contributed by atoms with E-state index in [-0.39, 0.29) is 12.5 Å². The third kappa shape index (κ3) is 4.97. The fraction of sp³-hybridized carbons (Fsp3) is 0.600. The summed E-state index contributed by atoms with van der Waals surface area (Å²) in [5, 5.41) is 6.59. The van der Waals surface area contributed by atoms with Crippen molar-refractivity contribution in [2.75, 3.05) is 50.7 Å². The Morgan fingerprint density at radius 3 is 2.73 bits per heavy atom. The van der Waals surface area contributed by atoms with Crippen LogP contribution in [0.25, 0.3) is 0 Å². The molecule has 0 bridgehead atoms. The predicted octanol–water partition coefficient (Wildman–Crippen LogP) is 1.62. The van der Waals surface area contributed by atoms with Crippen molar-refractivity contribution in [3.05, 3.63) is 29.8 Å². The van der Waals surface area contributed by atoms with E-state index in [1.165, 1.54) is 37.9 Å². The van der Waals surface area contributed by atoms with Crippen LogP contribution < -0.4 is 15.5 Å². The number of amides is 1. The monoisotopic (exact) mass is 357 g/mol. The molecule has 2 heterocycles. The van der Waals surface area contributed by atoms with Crippen molar-refractivity contribution in [3.63, 3.8) is 0 Å². The maximum atomic E-state index is 12.6. The summed E-state index contributed by atoms with van der Waals surface area (Å²) in [7, 11) is 0. The number of nitrogens with one attached hydrogen (secondary N) is 2. The standard InChI is InChI=1S/C20H31N5O/c1-2-21-20(22-11-15-24-12-6-3-7-13-24)23-16-19(26)25-14-10-17-8-4-5-9-18(17)25/h4-5,8-9H,2-3,6-7,10-16H2,1H3,(H2,21,22,23). The van der Waals surface area contributed by atoms with Crippen LogP contribution in [0.15, 0.2) is 29.3 Å². The Kier molecular flexibility index (Phi) is 6.89. The Labute approximate surface area is 156 Å². The molecule has 0 saturated carbocycles. The first-order valence-electron chi connectivity index (χ1n) is 9.90. The maximum absolute atomic E-state index is 12.6. The van der Waals surface area contributed by atoms with Crippen molar-refractivity contribution >= 4 is 17.6 Å². The van der Waals surface area contributed by atoms with Crippen LogP contribution in [0, 0.1) is 0 Å². The van der Waals surface area contributed by atoms with Gasteiger partial charge in [0, 0.05) is 31.9 Å². The second-order valence-electron chi connectivity index (χ2n) is 6.95. The van der Waals surface area contributed by atoms with Gasteiger partial charge in [-0.1, -0.05) is 24.6 Å². The average Bonchev–Trinajstić information content (AvgIpc) is 3.11. The van der Waals surface area contributed by atoms with Crippen LogP contribution in [0.2, 0.25) is 0 Å². The van der Waals surface area contributed by atoms with Crippen molar-refractivity contribution in [1.82, 2.24) is 15.5 Å². The molecule has 0 unspecified atom stereocenters. The number of likely N-dealkylation sites (tertiary alicyclic amines) is 1. The van der Waals surface area contributed by atoms with E-state index in [0.29, 0.717) is 0 Å². The lowest BCUT2D eigenvalue weighted by atomic mass is 10.1. The molecule has 6 nitrogen and oxygen atoms in total. The first-order chi connectivity index (χ1) is 12.8. The summed E-state index contributed by atoms with van der Waals surface area (Å²) < 4.78 is 0. The van der Waals surface area contributed by atoms with Crippen LogP contribution in [-0.4, -0.2) is 62.6 Å². The molecular weight excluding hydrogens is 326 g/mol. The molecule has 0 radical (unpaired) electrons. The summed E-state index contributed by atoms with van der Waals surface area (Å²) in [6.45, 7) is 8.03. The van der Waals surface area contributed by atoms with Crippen LogP contribution in [0.1, 0.15) is 31.7 Å². The van der Waals surface area contributed by atoms with Gasteiger partial charge in [-0.2, -0.15) is 0 Å². The number of guanidine groups is 1. The van der Waals surface area contributed by atoms with Gasteiger partial charge in [0.25, 0.3) is 0 Å². The van der Waals surface area contributed by atoms with Crippen molar-refractivity contribution in [2.45, 2.75) is 32.6 Å². The van der Waals surface area contributed by atoms with Gasteiger partial charge >= 0.3 is 0 Å². The zero-order chi connectivity index (χ0) is 18.2. The molecule has 2 aliphatic rings. The quantitative estimate of drug-likeness (QED) is 0.600. The fourth-order valence-corrected chi connectivity index (χ4v) is 3.69. The highest BCUT2D eigenvalue weighted by molar-refractivity contribution is 5.98. The topological polar surface area (TPSA) is 60.0 Å². The minimum absolute atomic E-state index is 0.0585.